The minimum atomic E-state index is -0.505. The summed E-state index contributed by atoms with van der Waals surface area (Å²) in [5.74, 6) is 0.302. The molecule has 0 aliphatic heterocycles. The van der Waals surface area contributed by atoms with E-state index >= 15 is 0 Å². The Morgan fingerprint density at radius 2 is 1.83 bits per heavy atom. The van der Waals surface area contributed by atoms with Gasteiger partial charge in [0.25, 0.3) is 0 Å². The molecule has 2 aromatic rings. The highest BCUT2D eigenvalue weighted by atomic mass is 32.2. The van der Waals surface area contributed by atoms with Crippen molar-refractivity contribution in [2.24, 2.45) is 5.41 Å². The molecule has 2 heterocycles. The van der Waals surface area contributed by atoms with E-state index in [-0.39, 0.29) is 18.1 Å². The first-order valence-electron chi connectivity index (χ1n) is 7.65. The number of nitrogens with zero attached hydrogens (tertiary/aromatic N) is 2. The van der Waals surface area contributed by atoms with Crippen molar-refractivity contribution in [3.8, 4) is 0 Å². The summed E-state index contributed by atoms with van der Waals surface area (Å²) in [6.07, 6.45) is 0. The third-order valence-electron chi connectivity index (χ3n) is 3.63. The maximum absolute atomic E-state index is 11.9. The Kier molecular flexibility index (Phi) is 5.65. The van der Waals surface area contributed by atoms with Gasteiger partial charge in [0.1, 0.15) is 15.7 Å². The lowest BCUT2D eigenvalue weighted by Gasteiger charge is -2.16. The van der Waals surface area contributed by atoms with Gasteiger partial charge in [0.05, 0.1) is 5.75 Å². The van der Waals surface area contributed by atoms with Gasteiger partial charge >= 0.3 is 5.97 Å². The summed E-state index contributed by atoms with van der Waals surface area (Å²) in [6.45, 7) is 11.2. The highest BCUT2D eigenvalue weighted by Crippen LogP contribution is 2.35. The molecule has 0 aliphatic rings. The van der Waals surface area contributed by atoms with Gasteiger partial charge < -0.3 is 4.74 Å². The molecule has 0 saturated carbocycles. The van der Waals surface area contributed by atoms with Crippen LogP contribution in [0.1, 0.15) is 37.0 Å². The number of thioether (sulfide) groups is 1. The molecule has 0 saturated heterocycles. The van der Waals surface area contributed by atoms with Crippen molar-refractivity contribution in [2.75, 3.05) is 12.4 Å². The molecule has 130 valence electrons. The van der Waals surface area contributed by atoms with E-state index in [1.54, 1.807) is 32.1 Å². The molecule has 7 heteroatoms. The molecule has 0 spiro atoms. The summed E-state index contributed by atoms with van der Waals surface area (Å²) >= 11 is 2.96. The molecule has 2 aromatic heterocycles. The summed E-state index contributed by atoms with van der Waals surface area (Å²) in [4.78, 5) is 34.8. The third kappa shape index (κ3) is 4.33. The van der Waals surface area contributed by atoms with E-state index in [4.69, 9.17) is 4.74 Å². The van der Waals surface area contributed by atoms with Gasteiger partial charge in [0, 0.05) is 15.7 Å². The average Bonchev–Trinajstić information content (AvgIpc) is 2.75. The minimum Gasteiger partial charge on any atom is -0.457 e. The molecule has 24 heavy (non-hydrogen) atoms. The van der Waals surface area contributed by atoms with E-state index in [0.717, 1.165) is 20.8 Å². The van der Waals surface area contributed by atoms with Gasteiger partial charge in [-0.25, -0.2) is 9.97 Å². The molecule has 0 fully saturated rings. The van der Waals surface area contributed by atoms with Crippen LogP contribution in [0.4, 0.5) is 0 Å². The number of Topliss-reactive ketones (excluding diaryl/α,β-unsaturated/α-hetero) is 1. The number of ether oxygens (including phenoxy) is 1. The fraction of sp³-hybridized carbons (Fsp3) is 0.529. The SMILES string of the molecule is Cc1nc(SCC(=O)OCC(=O)C(C)(C)C)c2c(C)c(C)sc2n1. The largest absolute Gasteiger partial charge is 0.457 e. The lowest BCUT2D eigenvalue weighted by molar-refractivity contribution is -0.147. The molecule has 5 nitrogen and oxygen atoms in total. The zero-order chi connectivity index (χ0) is 18.1. The lowest BCUT2D eigenvalue weighted by Crippen LogP contribution is -2.26. The Morgan fingerprint density at radius 3 is 2.46 bits per heavy atom. The molecular weight excluding hydrogens is 344 g/mol. The standard InChI is InChI=1S/C17H22N2O3S2/c1-9-10(2)24-16-14(9)15(18-11(3)19-16)23-8-13(21)22-7-12(20)17(4,5)6/h7-8H2,1-6H3. The summed E-state index contributed by atoms with van der Waals surface area (Å²) < 4.78 is 5.08. The second kappa shape index (κ2) is 7.19. The zero-order valence-corrected chi connectivity index (χ0v) is 16.5. The first-order chi connectivity index (χ1) is 11.1. The first-order valence-corrected chi connectivity index (χ1v) is 9.46. The number of thiophene rings is 1. The van der Waals surface area contributed by atoms with Crippen LogP contribution in [-0.4, -0.2) is 34.1 Å². The van der Waals surface area contributed by atoms with Crippen molar-refractivity contribution in [2.45, 2.75) is 46.6 Å². The van der Waals surface area contributed by atoms with Crippen LogP contribution in [0, 0.1) is 26.2 Å². The summed E-state index contributed by atoms with van der Waals surface area (Å²) in [5.41, 5.74) is 0.642. The third-order valence-corrected chi connectivity index (χ3v) is 5.68. The van der Waals surface area contributed by atoms with Crippen molar-refractivity contribution in [3.05, 3.63) is 16.3 Å². The van der Waals surface area contributed by atoms with E-state index in [1.807, 2.05) is 13.8 Å². The molecule has 2 rings (SSSR count). The Balaban J connectivity index is 2.06. The Morgan fingerprint density at radius 1 is 1.17 bits per heavy atom. The van der Waals surface area contributed by atoms with Crippen LogP contribution in [0.25, 0.3) is 10.2 Å². The highest BCUT2D eigenvalue weighted by Gasteiger charge is 2.22. The Bertz CT molecular complexity index is 791. The molecule has 0 aliphatic carbocycles. The van der Waals surface area contributed by atoms with Gasteiger partial charge in [-0.15, -0.1) is 11.3 Å². The van der Waals surface area contributed by atoms with Crippen LogP contribution in [-0.2, 0) is 14.3 Å². The van der Waals surface area contributed by atoms with Gasteiger partial charge in [-0.3, -0.25) is 9.59 Å². The monoisotopic (exact) mass is 366 g/mol. The Labute approximate surface area is 150 Å². The number of hydrogen-bond donors (Lipinski definition) is 0. The highest BCUT2D eigenvalue weighted by molar-refractivity contribution is 8.00. The smallest absolute Gasteiger partial charge is 0.316 e. The molecule has 0 aromatic carbocycles. The summed E-state index contributed by atoms with van der Waals surface area (Å²) in [7, 11) is 0. The van der Waals surface area contributed by atoms with Crippen LogP contribution in [0.3, 0.4) is 0 Å². The number of esters is 1. The molecule has 0 atom stereocenters. The van der Waals surface area contributed by atoms with Gasteiger partial charge in [-0.05, 0) is 26.3 Å². The van der Waals surface area contributed by atoms with Gasteiger partial charge in [-0.2, -0.15) is 0 Å². The second-order valence-corrected chi connectivity index (χ2v) is 8.83. The quantitative estimate of drug-likeness (QED) is 0.454. The van der Waals surface area contributed by atoms with Crippen LogP contribution in [0.5, 0.6) is 0 Å². The number of hydrogen-bond acceptors (Lipinski definition) is 7. The van der Waals surface area contributed by atoms with Crippen molar-refractivity contribution in [3.63, 3.8) is 0 Å². The van der Waals surface area contributed by atoms with Crippen molar-refractivity contribution in [1.29, 1.82) is 0 Å². The predicted molar refractivity (Wildman–Crippen MR) is 97.8 cm³/mol. The number of aromatic nitrogens is 2. The number of ketones is 1. The van der Waals surface area contributed by atoms with E-state index in [9.17, 15) is 9.59 Å². The first kappa shape index (κ1) is 18.9. The second-order valence-electron chi connectivity index (χ2n) is 6.66. The van der Waals surface area contributed by atoms with Crippen LogP contribution in [0.2, 0.25) is 0 Å². The van der Waals surface area contributed by atoms with Gasteiger partial charge in [-0.1, -0.05) is 32.5 Å². The van der Waals surface area contributed by atoms with Crippen molar-refractivity contribution >= 4 is 45.1 Å². The van der Waals surface area contributed by atoms with Gasteiger partial charge in [0.2, 0.25) is 0 Å². The molecule has 0 radical (unpaired) electrons. The summed E-state index contributed by atoms with van der Waals surface area (Å²) in [6, 6.07) is 0. The van der Waals surface area contributed by atoms with E-state index < -0.39 is 11.4 Å². The number of rotatable bonds is 5. The van der Waals surface area contributed by atoms with Crippen molar-refractivity contribution < 1.29 is 14.3 Å². The predicted octanol–water partition coefficient (Wildman–Crippen LogP) is 3.87. The van der Waals surface area contributed by atoms with E-state index in [0.29, 0.717) is 5.82 Å². The van der Waals surface area contributed by atoms with E-state index in [2.05, 4.69) is 16.9 Å². The molecule has 0 bridgehead atoms. The molecule has 0 amide bonds. The number of aryl methyl sites for hydroxylation is 3. The normalized spacial score (nSPS) is 11.8. The molecule has 0 unspecified atom stereocenters. The molecular formula is C17H22N2O3S2. The average molecular weight is 367 g/mol. The van der Waals surface area contributed by atoms with Gasteiger partial charge in [0.15, 0.2) is 12.4 Å². The zero-order valence-electron chi connectivity index (χ0n) is 14.8. The fourth-order valence-corrected chi connectivity index (χ4v) is 4.02. The minimum absolute atomic E-state index is 0.0922. The van der Waals surface area contributed by atoms with Crippen LogP contribution < -0.4 is 0 Å². The number of carbonyl (C=O) groups is 2. The topological polar surface area (TPSA) is 69.2 Å². The lowest BCUT2D eigenvalue weighted by atomic mass is 9.91. The van der Waals surface area contributed by atoms with Crippen LogP contribution >= 0.6 is 23.1 Å². The molecule has 0 N–H and O–H groups in total. The number of carbonyl (C=O) groups excluding carboxylic acids is 2. The van der Waals surface area contributed by atoms with Crippen LogP contribution in [0.15, 0.2) is 5.03 Å². The van der Waals surface area contributed by atoms with E-state index in [1.165, 1.54) is 16.6 Å². The number of fused-ring (bicyclic) bond motifs is 1. The summed E-state index contributed by atoms with van der Waals surface area (Å²) in [5, 5.41) is 1.80. The fourth-order valence-electron chi connectivity index (χ4n) is 1.95. The maximum atomic E-state index is 11.9. The van der Waals surface area contributed by atoms with Crippen molar-refractivity contribution in [1.82, 2.24) is 9.97 Å². The Hall–Kier alpha value is -1.47. The maximum Gasteiger partial charge on any atom is 0.316 e.